The third kappa shape index (κ3) is 3.65. The third-order valence-corrected chi connectivity index (χ3v) is 3.13. The minimum Gasteiger partial charge on any atom is -0.352 e. The van der Waals surface area contributed by atoms with E-state index in [1.54, 1.807) is 0 Å². The zero-order chi connectivity index (χ0) is 14.4. The molecule has 0 unspecified atom stereocenters. The molecule has 0 heterocycles. The lowest BCUT2D eigenvalue weighted by molar-refractivity contribution is -0.133. The van der Waals surface area contributed by atoms with Crippen molar-refractivity contribution in [2.45, 2.75) is 26.6 Å². The predicted molar refractivity (Wildman–Crippen MR) is 79.9 cm³/mol. The Kier molecular flexibility index (Phi) is 5.27. The van der Waals surface area contributed by atoms with Gasteiger partial charge in [0.25, 0.3) is 0 Å². The fraction of sp³-hybridized carbons (Fsp3) is 0.353. The Morgan fingerprint density at radius 1 is 1.00 bits per heavy atom. The molecule has 3 nitrogen and oxygen atoms in total. The van der Waals surface area contributed by atoms with Gasteiger partial charge in [-0.2, -0.15) is 0 Å². The van der Waals surface area contributed by atoms with E-state index >= 15 is 0 Å². The second-order valence-corrected chi connectivity index (χ2v) is 4.53. The van der Waals surface area contributed by atoms with Gasteiger partial charge in [0.05, 0.1) is 6.42 Å². The molecular weight excluding hydrogens is 252 g/mol. The zero-order valence-electron chi connectivity index (χ0n) is 12.0. The van der Waals surface area contributed by atoms with Crippen LogP contribution in [0.4, 0.5) is 0 Å². The molecule has 0 bridgehead atoms. The van der Waals surface area contributed by atoms with Crippen LogP contribution in [0.25, 0.3) is 10.8 Å². The maximum absolute atomic E-state index is 12.3. The quantitative estimate of drug-likeness (QED) is 0.568. The molecule has 0 aliphatic carbocycles. The number of carbonyl (C=O) groups is 1. The van der Waals surface area contributed by atoms with Crippen LogP contribution in [0.3, 0.4) is 0 Å². The summed E-state index contributed by atoms with van der Waals surface area (Å²) in [5.74, 6) is 0.0441. The van der Waals surface area contributed by atoms with Gasteiger partial charge >= 0.3 is 0 Å². The van der Waals surface area contributed by atoms with Crippen LogP contribution >= 0.6 is 0 Å². The van der Waals surface area contributed by atoms with Crippen molar-refractivity contribution in [3.8, 4) is 0 Å². The number of benzene rings is 2. The highest BCUT2D eigenvalue weighted by molar-refractivity contribution is 6.00. The summed E-state index contributed by atoms with van der Waals surface area (Å²) in [6.45, 7) is 4.87. The molecule has 0 fully saturated rings. The summed E-state index contributed by atoms with van der Waals surface area (Å²) in [6.07, 6.45) is -0.205. The Bertz CT molecular complexity index is 571. The SMILES string of the molecule is CCOC(CC(=O)c1ccc2ccccc2c1)OCC. The van der Waals surface area contributed by atoms with E-state index in [4.69, 9.17) is 9.47 Å². The Balaban J connectivity index is 2.13. The lowest BCUT2D eigenvalue weighted by Gasteiger charge is -2.16. The lowest BCUT2D eigenvalue weighted by Crippen LogP contribution is -2.21. The molecule has 0 amide bonds. The van der Waals surface area contributed by atoms with Crippen LogP contribution in [-0.2, 0) is 9.47 Å². The molecule has 0 saturated carbocycles. The predicted octanol–water partition coefficient (Wildman–Crippen LogP) is 3.81. The van der Waals surface area contributed by atoms with Gasteiger partial charge in [-0.1, -0.05) is 36.4 Å². The van der Waals surface area contributed by atoms with Crippen LogP contribution in [0.5, 0.6) is 0 Å². The number of fused-ring (bicyclic) bond motifs is 1. The highest BCUT2D eigenvalue weighted by atomic mass is 16.7. The molecule has 0 spiro atoms. The maximum atomic E-state index is 12.3. The second kappa shape index (κ2) is 7.17. The number of ketones is 1. The molecule has 0 saturated heterocycles. The summed E-state index contributed by atoms with van der Waals surface area (Å²) in [5.41, 5.74) is 0.702. The van der Waals surface area contributed by atoms with E-state index in [0.717, 1.165) is 10.8 Å². The largest absolute Gasteiger partial charge is 0.352 e. The van der Waals surface area contributed by atoms with Crippen molar-refractivity contribution in [2.75, 3.05) is 13.2 Å². The van der Waals surface area contributed by atoms with Gasteiger partial charge in [-0.25, -0.2) is 0 Å². The number of carbonyl (C=O) groups excluding carboxylic acids is 1. The molecule has 0 aliphatic rings. The van der Waals surface area contributed by atoms with Crippen molar-refractivity contribution in [1.29, 1.82) is 0 Å². The molecule has 0 radical (unpaired) electrons. The number of hydrogen-bond donors (Lipinski definition) is 0. The molecule has 0 aliphatic heterocycles. The number of rotatable bonds is 7. The Morgan fingerprint density at radius 2 is 1.65 bits per heavy atom. The van der Waals surface area contributed by atoms with Crippen LogP contribution < -0.4 is 0 Å². The highest BCUT2D eigenvalue weighted by Crippen LogP contribution is 2.17. The first-order valence-electron chi connectivity index (χ1n) is 6.99. The van der Waals surface area contributed by atoms with Crippen LogP contribution in [0.15, 0.2) is 42.5 Å². The van der Waals surface area contributed by atoms with E-state index in [1.807, 2.05) is 56.3 Å². The minimum absolute atomic E-state index is 0.0441. The molecular formula is C17H20O3. The van der Waals surface area contributed by atoms with E-state index in [9.17, 15) is 4.79 Å². The van der Waals surface area contributed by atoms with Crippen LogP contribution in [0, 0.1) is 0 Å². The molecule has 3 heteroatoms. The molecule has 0 atom stereocenters. The van der Waals surface area contributed by atoms with E-state index in [2.05, 4.69) is 0 Å². The monoisotopic (exact) mass is 272 g/mol. The van der Waals surface area contributed by atoms with Gasteiger partial charge in [0.1, 0.15) is 0 Å². The van der Waals surface area contributed by atoms with Gasteiger partial charge in [-0.05, 0) is 30.7 Å². The Morgan fingerprint density at radius 3 is 2.30 bits per heavy atom. The summed E-state index contributed by atoms with van der Waals surface area (Å²) in [4.78, 5) is 12.3. The number of hydrogen-bond acceptors (Lipinski definition) is 3. The van der Waals surface area contributed by atoms with E-state index in [0.29, 0.717) is 18.8 Å². The van der Waals surface area contributed by atoms with Crippen molar-refractivity contribution in [3.05, 3.63) is 48.0 Å². The third-order valence-electron chi connectivity index (χ3n) is 3.13. The molecule has 2 rings (SSSR count). The second-order valence-electron chi connectivity index (χ2n) is 4.53. The molecule has 106 valence electrons. The van der Waals surface area contributed by atoms with Crippen molar-refractivity contribution in [2.24, 2.45) is 0 Å². The number of Topliss-reactive ketones (excluding diaryl/α,β-unsaturated/α-hetero) is 1. The highest BCUT2D eigenvalue weighted by Gasteiger charge is 2.15. The minimum atomic E-state index is -0.455. The summed E-state index contributed by atoms with van der Waals surface area (Å²) >= 11 is 0. The molecule has 2 aromatic rings. The molecule has 20 heavy (non-hydrogen) atoms. The lowest BCUT2D eigenvalue weighted by atomic mass is 10.0. The molecule has 0 N–H and O–H groups in total. The zero-order valence-corrected chi connectivity index (χ0v) is 12.0. The molecule has 0 aromatic heterocycles. The van der Waals surface area contributed by atoms with Crippen molar-refractivity contribution in [1.82, 2.24) is 0 Å². The standard InChI is InChI=1S/C17H20O3/c1-3-19-17(20-4-2)12-16(18)15-10-9-13-7-5-6-8-14(13)11-15/h5-11,17H,3-4,12H2,1-2H3. The smallest absolute Gasteiger partial charge is 0.167 e. The summed E-state index contributed by atoms with van der Waals surface area (Å²) in [6, 6.07) is 13.8. The summed E-state index contributed by atoms with van der Waals surface area (Å²) in [7, 11) is 0. The van der Waals surface area contributed by atoms with E-state index < -0.39 is 6.29 Å². The fourth-order valence-corrected chi connectivity index (χ4v) is 2.17. The average Bonchev–Trinajstić information content (AvgIpc) is 2.47. The van der Waals surface area contributed by atoms with Crippen molar-refractivity contribution < 1.29 is 14.3 Å². The van der Waals surface area contributed by atoms with Crippen LogP contribution in [0.2, 0.25) is 0 Å². The van der Waals surface area contributed by atoms with Crippen LogP contribution in [-0.4, -0.2) is 25.3 Å². The molecule has 2 aromatic carbocycles. The van der Waals surface area contributed by atoms with Crippen LogP contribution in [0.1, 0.15) is 30.6 Å². The fourth-order valence-electron chi connectivity index (χ4n) is 2.17. The van der Waals surface area contributed by atoms with Crippen molar-refractivity contribution >= 4 is 16.6 Å². The summed E-state index contributed by atoms with van der Waals surface area (Å²) in [5, 5.41) is 2.21. The Hall–Kier alpha value is -1.71. The van der Waals surface area contributed by atoms with Crippen molar-refractivity contribution in [3.63, 3.8) is 0 Å². The first-order valence-corrected chi connectivity index (χ1v) is 6.99. The van der Waals surface area contributed by atoms with E-state index in [-0.39, 0.29) is 12.2 Å². The normalized spacial score (nSPS) is 11.2. The first-order chi connectivity index (χ1) is 9.74. The van der Waals surface area contributed by atoms with Gasteiger partial charge in [-0.15, -0.1) is 0 Å². The topological polar surface area (TPSA) is 35.5 Å². The Labute approximate surface area is 119 Å². The van der Waals surface area contributed by atoms with Gasteiger partial charge in [0.2, 0.25) is 0 Å². The maximum Gasteiger partial charge on any atom is 0.167 e. The first kappa shape index (κ1) is 14.7. The number of ether oxygens (including phenoxy) is 2. The van der Waals surface area contributed by atoms with E-state index in [1.165, 1.54) is 0 Å². The van der Waals surface area contributed by atoms with Gasteiger partial charge in [-0.3, -0.25) is 4.79 Å². The summed E-state index contributed by atoms with van der Waals surface area (Å²) < 4.78 is 10.8. The van der Waals surface area contributed by atoms with Gasteiger partial charge < -0.3 is 9.47 Å². The average molecular weight is 272 g/mol. The van der Waals surface area contributed by atoms with Gasteiger partial charge in [0, 0.05) is 18.8 Å². The van der Waals surface area contributed by atoms with Gasteiger partial charge in [0.15, 0.2) is 12.1 Å².